The number of nitrogens with one attached hydrogen (secondary N) is 2. The molecule has 1 aromatic heterocycles. The molecular formula is C8H13N5O4S. The number of carbonyl (C=O) groups excluding carboxylic acids is 1. The van der Waals surface area contributed by atoms with Crippen molar-refractivity contribution in [2.24, 2.45) is 0 Å². The Morgan fingerprint density at radius 1 is 1.56 bits per heavy atom. The number of ether oxygens (including phenoxy) is 1. The molecule has 1 aliphatic rings. The van der Waals surface area contributed by atoms with E-state index in [2.05, 4.69) is 24.9 Å². The van der Waals surface area contributed by atoms with E-state index < -0.39 is 21.8 Å². The second kappa shape index (κ2) is 4.21. The summed E-state index contributed by atoms with van der Waals surface area (Å²) in [5, 5.41) is 9.68. The van der Waals surface area contributed by atoms with E-state index in [1.54, 1.807) is 13.8 Å². The number of hydrogen-bond acceptors (Lipinski definition) is 6. The van der Waals surface area contributed by atoms with Gasteiger partial charge in [-0.1, -0.05) is 5.21 Å². The van der Waals surface area contributed by atoms with Gasteiger partial charge in [-0.05, 0) is 13.8 Å². The Morgan fingerprint density at radius 3 is 2.78 bits per heavy atom. The zero-order valence-electron chi connectivity index (χ0n) is 9.87. The number of hydrogen-bond donors (Lipinski definition) is 2. The number of rotatable bonds is 4. The zero-order chi connectivity index (χ0) is 13.4. The van der Waals surface area contributed by atoms with E-state index in [4.69, 9.17) is 0 Å². The first-order chi connectivity index (χ1) is 8.33. The third kappa shape index (κ3) is 2.29. The molecule has 10 heteroatoms. The van der Waals surface area contributed by atoms with Gasteiger partial charge >= 0.3 is 16.3 Å². The SMILES string of the molecule is CC(C)(NS(=O)(=O)N1CCOC1=O)c1cnn[nH]1. The Hall–Kier alpha value is -1.68. The first kappa shape index (κ1) is 12.8. The van der Waals surface area contributed by atoms with Gasteiger partial charge in [-0.25, -0.2) is 4.79 Å². The average molecular weight is 275 g/mol. The van der Waals surface area contributed by atoms with Crippen molar-refractivity contribution in [1.29, 1.82) is 0 Å². The number of nitrogens with zero attached hydrogens (tertiary/aromatic N) is 3. The zero-order valence-corrected chi connectivity index (χ0v) is 10.7. The van der Waals surface area contributed by atoms with Crippen molar-refractivity contribution < 1.29 is 17.9 Å². The quantitative estimate of drug-likeness (QED) is 0.752. The van der Waals surface area contributed by atoms with Crippen LogP contribution in [0.25, 0.3) is 0 Å². The molecule has 1 fully saturated rings. The van der Waals surface area contributed by atoms with Crippen LogP contribution in [0.3, 0.4) is 0 Å². The van der Waals surface area contributed by atoms with Gasteiger partial charge in [0.15, 0.2) is 0 Å². The number of carbonyl (C=O) groups is 1. The van der Waals surface area contributed by atoms with Crippen molar-refractivity contribution in [3.63, 3.8) is 0 Å². The lowest BCUT2D eigenvalue weighted by atomic mass is 10.0. The van der Waals surface area contributed by atoms with Gasteiger partial charge in [-0.15, -0.1) is 5.10 Å². The highest BCUT2D eigenvalue weighted by molar-refractivity contribution is 7.87. The fraction of sp³-hybridized carbons (Fsp3) is 0.625. The van der Waals surface area contributed by atoms with E-state index in [0.29, 0.717) is 10.00 Å². The van der Waals surface area contributed by atoms with E-state index in [0.717, 1.165) is 0 Å². The molecule has 0 spiro atoms. The minimum Gasteiger partial charge on any atom is -0.447 e. The van der Waals surface area contributed by atoms with Crippen LogP contribution < -0.4 is 4.72 Å². The van der Waals surface area contributed by atoms with Crippen molar-refractivity contribution >= 4 is 16.3 Å². The van der Waals surface area contributed by atoms with Crippen molar-refractivity contribution in [2.75, 3.05) is 13.2 Å². The van der Waals surface area contributed by atoms with E-state index in [9.17, 15) is 13.2 Å². The van der Waals surface area contributed by atoms with Crippen LogP contribution in [0.4, 0.5) is 4.79 Å². The summed E-state index contributed by atoms with van der Waals surface area (Å²) in [6.07, 6.45) is 0.534. The number of aromatic amines is 1. The highest BCUT2D eigenvalue weighted by Crippen LogP contribution is 2.19. The van der Waals surface area contributed by atoms with Crippen molar-refractivity contribution in [2.45, 2.75) is 19.4 Å². The number of H-pyrrole nitrogens is 1. The predicted molar refractivity (Wildman–Crippen MR) is 59.5 cm³/mol. The molecule has 2 N–H and O–H groups in total. The molecule has 0 bridgehead atoms. The number of amides is 1. The molecule has 0 aromatic carbocycles. The normalized spacial score (nSPS) is 17.0. The van der Waals surface area contributed by atoms with E-state index >= 15 is 0 Å². The molecular weight excluding hydrogens is 262 g/mol. The van der Waals surface area contributed by atoms with E-state index in [-0.39, 0.29) is 13.2 Å². The second-order valence-corrected chi connectivity index (χ2v) is 5.88. The molecule has 100 valence electrons. The molecule has 0 radical (unpaired) electrons. The first-order valence-electron chi connectivity index (χ1n) is 5.18. The highest BCUT2D eigenvalue weighted by atomic mass is 32.2. The lowest BCUT2D eigenvalue weighted by Gasteiger charge is -2.26. The van der Waals surface area contributed by atoms with Gasteiger partial charge in [-0.3, -0.25) is 5.10 Å². The molecule has 0 aliphatic carbocycles. The molecule has 18 heavy (non-hydrogen) atoms. The molecule has 0 saturated carbocycles. The fourth-order valence-corrected chi connectivity index (χ4v) is 2.96. The highest BCUT2D eigenvalue weighted by Gasteiger charge is 2.38. The Labute approximate surface area is 104 Å². The van der Waals surface area contributed by atoms with Crippen molar-refractivity contribution in [3.8, 4) is 0 Å². The molecule has 1 amide bonds. The summed E-state index contributed by atoms with van der Waals surface area (Å²) in [6, 6.07) is 0. The molecule has 1 aromatic rings. The Morgan fingerprint density at radius 2 is 2.28 bits per heavy atom. The smallest absolute Gasteiger partial charge is 0.424 e. The summed E-state index contributed by atoms with van der Waals surface area (Å²) < 4.78 is 31.7. The summed E-state index contributed by atoms with van der Waals surface area (Å²) in [4.78, 5) is 11.2. The Bertz CT molecular complexity index is 538. The molecule has 2 rings (SSSR count). The van der Waals surface area contributed by atoms with Gasteiger partial charge in [0.05, 0.1) is 24.0 Å². The van der Waals surface area contributed by atoms with E-state index in [1.165, 1.54) is 6.20 Å². The van der Waals surface area contributed by atoms with E-state index in [1.807, 2.05) is 0 Å². The van der Waals surface area contributed by atoms with Crippen LogP contribution in [0.2, 0.25) is 0 Å². The van der Waals surface area contributed by atoms with Crippen LogP contribution >= 0.6 is 0 Å². The largest absolute Gasteiger partial charge is 0.447 e. The first-order valence-corrected chi connectivity index (χ1v) is 6.62. The number of cyclic esters (lactones) is 1. The second-order valence-electron chi connectivity index (χ2n) is 4.29. The van der Waals surface area contributed by atoms with Gasteiger partial charge in [0.25, 0.3) is 0 Å². The predicted octanol–water partition coefficient (Wildman–Crippen LogP) is -0.674. The minimum atomic E-state index is -3.96. The van der Waals surface area contributed by atoms with Gasteiger partial charge < -0.3 is 4.74 Å². The molecule has 0 atom stereocenters. The Kier molecular flexibility index (Phi) is 2.99. The van der Waals surface area contributed by atoms with Gasteiger partial charge in [0.2, 0.25) is 0 Å². The standard InChI is InChI=1S/C8H13N5O4S/c1-8(2,6-5-9-12-10-6)11-18(15,16)13-3-4-17-7(13)14/h5,11H,3-4H2,1-2H3,(H,9,10,12). The van der Waals surface area contributed by atoms with Crippen LogP contribution in [0.1, 0.15) is 19.5 Å². The fourth-order valence-electron chi connectivity index (χ4n) is 1.53. The maximum atomic E-state index is 12.0. The molecule has 9 nitrogen and oxygen atoms in total. The van der Waals surface area contributed by atoms with Crippen LogP contribution in [0, 0.1) is 0 Å². The molecule has 0 unspecified atom stereocenters. The van der Waals surface area contributed by atoms with Gasteiger partial charge in [-0.2, -0.15) is 17.4 Å². The van der Waals surface area contributed by atoms with Crippen LogP contribution in [-0.2, 0) is 20.5 Å². The maximum Gasteiger partial charge on any atom is 0.424 e. The number of aromatic nitrogens is 3. The van der Waals surface area contributed by atoms with Gasteiger partial charge in [0, 0.05) is 0 Å². The molecule has 2 heterocycles. The third-order valence-electron chi connectivity index (χ3n) is 2.49. The van der Waals surface area contributed by atoms with Gasteiger partial charge in [0.1, 0.15) is 6.61 Å². The van der Waals surface area contributed by atoms with Crippen molar-refractivity contribution in [3.05, 3.63) is 11.9 Å². The summed E-state index contributed by atoms with van der Waals surface area (Å²) in [7, 11) is -3.96. The lowest BCUT2D eigenvalue weighted by Crippen LogP contribution is -2.49. The topological polar surface area (TPSA) is 117 Å². The maximum absolute atomic E-state index is 12.0. The summed E-state index contributed by atoms with van der Waals surface area (Å²) >= 11 is 0. The van der Waals surface area contributed by atoms with Crippen LogP contribution in [0.5, 0.6) is 0 Å². The average Bonchev–Trinajstić information content (AvgIpc) is 2.84. The minimum absolute atomic E-state index is 0.00543. The monoisotopic (exact) mass is 275 g/mol. The summed E-state index contributed by atoms with van der Waals surface area (Å²) in [5.74, 6) is 0. The van der Waals surface area contributed by atoms with Crippen LogP contribution in [0.15, 0.2) is 6.20 Å². The van der Waals surface area contributed by atoms with Crippen LogP contribution in [-0.4, -0.2) is 47.4 Å². The third-order valence-corrected chi connectivity index (χ3v) is 4.17. The van der Waals surface area contributed by atoms with Crippen molar-refractivity contribution in [1.82, 2.24) is 24.4 Å². The molecule has 1 saturated heterocycles. The lowest BCUT2D eigenvalue weighted by molar-refractivity contribution is 0.169. The summed E-state index contributed by atoms with van der Waals surface area (Å²) in [6.45, 7) is 3.32. The molecule has 1 aliphatic heterocycles. The Balaban J connectivity index is 2.20. The summed E-state index contributed by atoms with van der Waals surface area (Å²) in [5.41, 5.74) is -0.482.